The van der Waals surface area contributed by atoms with Crippen molar-refractivity contribution in [2.75, 3.05) is 27.9 Å². The van der Waals surface area contributed by atoms with Crippen LogP contribution in [0.4, 0.5) is 0 Å². The van der Waals surface area contributed by atoms with Crippen LogP contribution in [-0.2, 0) is 16.6 Å². The minimum absolute atomic E-state index is 0.0628. The molecule has 0 amide bonds. The molecule has 0 aliphatic heterocycles. The van der Waals surface area contributed by atoms with Crippen molar-refractivity contribution >= 4 is 10.0 Å². The zero-order valence-corrected chi connectivity index (χ0v) is 16.0. The first kappa shape index (κ1) is 19.8. The normalized spacial score (nSPS) is 11.2. The van der Waals surface area contributed by atoms with E-state index in [1.807, 2.05) is 12.1 Å². The van der Waals surface area contributed by atoms with Crippen molar-refractivity contribution in [3.05, 3.63) is 60.7 Å². The van der Waals surface area contributed by atoms with Crippen LogP contribution >= 0.6 is 0 Å². The molecule has 0 bridgehead atoms. The Morgan fingerprint density at radius 3 is 2.27 bits per heavy atom. The maximum absolute atomic E-state index is 12.9. The Bertz CT molecular complexity index is 847. The SMILES string of the molecule is C=CCOc1ccc(CN(C)S(=O)(=O)c2cc(OC)ccc2OC)cc1. The van der Waals surface area contributed by atoms with Crippen LogP contribution < -0.4 is 14.2 Å². The Hall–Kier alpha value is -2.51. The van der Waals surface area contributed by atoms with Gasteiger partial charge in [-0.2, -0.15) is 4.31 Å². The monoisotopic (exact) mass is 377 g/mol. The van der Waals surface area contributed by atoms with Gasteiger partial charge in [-0.05, 0) is 29.8 Å². The number of ether oxygens (including phenoxy) is 3. The molecule has 0 radical (unpaired) electrons. The topological polar surface area (TPSA) is 65.1 Å². The number of nitrogens with zero attached hydrogens (tertiary/aromatic N) is 1. The summed E-state index contributed by atoms with van der Waals surface area (Å²) in [6.45, 7) is 4.23. The highest BCUT2D eigenvalue weighted by Crippen LogP contribution is 2.30. The summed E-state index contributed by atoms with van der Waals surface area (Å²) in [5.41, 5.74) is 0.837. The minimum atomic E-state index is -3.75. The predicted molar refractivity (Wildman–Crippen MR) is 100 cm³/mol. The van der Waals surface area contributed by atoms with Crippen molar-refractivity contribution in [3.8, 4) is 17.2 Å². The molecule has 2 aromatic carbocycles. The van der Waals surface area contributed by atoms with Crippen molar-refractivity contribution in [3.63, 3.8) is 0 Å². The van der Waals surface area contributed by atoms with Gasteiger partial charge in [-0.3, -0.25) is 0 Å². The van der Waals surface area contributed by atoms with Crippen LogP contribution in [0.25, 0.3) is 0 Å². The number of methoxy groups -OCH3 is 2. The van der Waals surface area contributed by atoms with E-state index in [0.29, 0.717) is 18.1 Å². The van der Waals surface area contributed by atoms with E-state index in [4.69, 9.17) is 14.2 Å². The van der Waals surface area contributed by atoms with Crippen LogP contribution in [-0.4, -0.2) is 40.6 Å². The number of sulfonamides is 1. The van der Waals surface area contributed by atoms with Crippen molar-refractivity contribution in [2.24, 2.45) is 0 Å². The fourth-order valence-electron chi connectivity index (χ4n) is 2.34. The molecule has 0 unspecified atom stereocenters. The van der Waals surface area contributed by atoms with Gasteiger partial charge in [0.05, 0.1) is 14.2 Å². The molecule has 0 spiro atoms. The summed E-state index contributed by atoms with van der Waals surface area (Å²) >= 11 is 0. The molecule has 2 aromatic rings. The van der Waals surface area contributed by atoms with Gasteiger partial charge in [0.25, 0.3) is 0 Å². The second-order valence-electron chi connectivity index (χ2n) is 5.52. The number of hydrogen-bond acceptors (Lipinski definition) is 5. The van der Waals surface area contributed by atoms with Gasteiger partial charge in [-0.15, -0.1) is 0 Å². The first-order valence-corrected chi connectivity index (χ1v) is 9.37. The van der Waals surface area contributed by atoms with E-state index < -0.39 is 10.0 Å². The van der Waals surface area contributed by atoms with Crippen molar-refractivity contribution in [1.29, 1.82) is 0 Å². The van der Waals surface area contributed by atoms with Gasteiger partial charge in [-0.1, -0.05) is 24.8 Å². The molecular formula is C19H23NO5S. The molecule has 7 heteroatoms. The van der Waals surface area contributed by atoms with Crippen LogP contribution in [0.1, 0.15) is 5.56 Å². The lowest BCUT2D eigenvalue weighted by atomic mass is 10.2. The summed E-state index contributed by atoms with van der Waals surface area (Å²) < 4.78 is 42.9. The number of rotatable bonds is 9. The average molecular weight is 377 g/mol. The predicted octanol–water partition coefficient (Wildman–Crippen LogP) is 3.09. The molecule has 0 atom stereocenters. The van der Waals surface area contributed by atoms with Gasteiger partial charge < -0.3 is 14.2 Å². The Balaban J connectivity index is 2.22. The molecule has 0 aromatic heterocycles. The second-order valence-corrected chi connectivity index (χ2v) is 7.53. The van der Waals surface area contributed by atoms with Gasteiger partial charge in [0.15, 0.2) is 0 Å². The third-order valence-corrected chi connectivity index (χ3v) is 5.58. The smallest absolute Gasteiger partial charge is 0.246 e. The lowest BCUT2D eigenvalue weighted by Crippen LogP contribution is -2.27. The summed E-state index contributed by atoms with van der Waals surface area (Å²) in [4.78, 5) is 0.0628. The van der Waals surface area contributed by atoms with E-state index in [1.54, 1.807) is 30.3 Å². The quantitative estimate of drug-likeness (QED) is 0.629. The summed E-state index contributed by atoms with van der Waals surface area (Å²) in [5.74, 6) is 1.42. The van der Waals surface area contributed by atoms with E-state index in [-0.39, 0.29) is 17.2 Å². The maximum atomic E-state index is 12.9. The summed E-state index contributed by atoms with van der Waals surface area (Å²) in [6.07, 6.45) is 1.66. The molecule has 0 aliphatic rings. The van der Waals surface area contributed by atoms with E-state index in [9.17, 15) is 8.42 Å². The fourth-order valence-corrected chi connectivity index (χ4v) is 3.67. The van der Waals surface area contributed by atoms with E-state index in [0.717, 1.165) is 5.56 Å². The highest BCUT2D eigenvalue weighted by molar-refractivity contribution is 7.89. The Kier molecular flexibility index (Phi) is 6.65. The average Bonchev–Trinajstić information content (AvgIpc) is 2.66. The van der Waals surface area contributed by atoms with Gasteiger partial charge >= 0.3 is 0 Å². The Labute approximate surface area is 154 Å². The molecule has 0 saturated carbocycles. The lowest BCUT2D eigenvalue weighted by Gasteiger charge is -2.19. The van der Waals surface area contributed by atoms with Crippen LogP contribution in [0.5, 0.6) is 17.2 Å². The molecular weight excluding hydrogens is 354 g/mol. The lowest BCUT2D eigenvalue weighted by molar-refractivity contribution is 0.363. The van der Waals surface area contributed by atoms with E-state index in [2.05, 4.69) is 6.58 Å². The first-order chi connectivity index (χ1) is 12.4. The minimum Gasteiger partial charge on any atom is -0.497 e. The van der Waals surface area contributed by atoms with E-state index in [1.165, 1.54) is 31.6 Å². The highest BCUT2D eigenvalue weighted by atomic mass is 32.2. The second kappa shape index (κ2) is 8.73. The fraction of sp³-hybridized carbons (Fsp3) is 0.263. The molecule has 6 nitrogen and oxygen atoms in total. The zero-order chi connectivity index (χ0) is 19.2. The summed E-state index contributed by atoms with van der Waals surface area (Å²) in [7, 11) is 0.689. The molecule has 140 valence electrons. The molecule has 0 aliphatic carbocycles. The molecule has 0 fully saturated rings. The molecule has 0 N–H and O–H groups in total. The van der Waals surface area contributed by atoms with Crippen molar-refractivity contribution in [2.45, 2.75) is 11.4 Å². The van der Waals surface area contributed by atoms with Crippen molar-refractivity contribution < 1.29 is 22.6 Å². The summed E-state index contributed by atoms with van der Waals surface area (Å²) in [5, 5.41) is 0. The Morgan fingerprint density at radius 2 is 1.69 bits per heavy atom. The largest absolute Gasteiger partial charge is 0.497 e. The van der Waals surface area contributed by atoms with Gasteiger partial charge in [0.1, 0.15) is 28.8 Å². The zero-order valence-electron chi connectivity index (χ0n) is 15.1. The van der Waals surface area contributed by atoms with Gasteiger partial charge in [-0.25, -0.2) is 8.42 Å². The van der Waals surface area contributed by atoms with Crippen LogP contribution in [0.2, 0.25) is 0 Å². The molecule has 26 heavy (non-hydrogen) atoms. The third-order valence-electron chi connectivity index (χ3n) is 3.76. The van der Waals surface area contributed by atoms with Crippen LogP contribution in [0.3, 0.4) is 0 Å². The molecule has 0 heterocycles. The first-order valence-electron chi connectivity index (χ1n) is 7.93. The summed E-state index contributed by atoms with van der Waals surface area (Å²) in [6, 6.07) is 11.9. The van der Waals surface area contributed by atoms with Crippen molar-refractivity contribution in [1.82, 2.24) is 4.31 Å². The standard InChI is InChI=1S/C19H23NO5S/c1-5-12-25-16-8-6-15(7-9-16)14-20(2)26(21,22)19-13-17(23-3)10-11-18(19)24-4/h5-11,13H,1,12,14H2,2-4H3. The van der Waals surface area contributed by atoms with Crippen LogP contribution in [0, 0.1) is 0 Å². The maximum Gasteiger partial charge on any atom is 0.246 e. The third kappa shape index (κ3) is 4.56. The highest BCUT2D eigenvalue weighted by Gasteiger charge is 2.25. The van der Waals surface area contributed by atoms with E-state index >= 15 is 0 Å². The Morgan fingerprint density at radius 1 is 1.04 bits per heavy atom. The number of hydrogen-bond donors (Lipinski definition) is 0. The van der Waals surface area contributed by atoms with Gasteiger partial charge in [0.2, 0.25) is 10.0 Å². The molecule has 2 rings (SSSR count). The van der Waals surface area contributed by atoms with Gasteiger partial charge in [0, 0.05) is 19.7 Å². The number of benzene rings is 2. The van der Waals surface area contributed by atoms with Crippen LogP contribution in [0.15, 0.2) is 60.0 Å². The molecule has 0 saturated heterocycles.